The molecule has 0 N–H and O–H groups in total. The van der Waals surface area contributed by atoms with E-state index >= 15 is 0 Å². The first-order chi connectivity index (χ1) is 15.5. The molecule has 0 saturated carbocycles. The van der Waals surface area contributed by atoms with Gasteiger partial charge in [-0.25, -0.2) is 9.97 Å². The fourth-order valence-electron chi connectivity index (χ4n) is 3.58. The molecule has 8 nitrogen and oxygen atoms in total. The van der Waals surface area contributed by atoms with Crippen molar-refractivity contribution < 1.29 is 9.72 Å². The second-order valence-corrected chi connectivity index (χ2v) is 8.42. The molecule has 0 bridgehead atoms. The largest absolute Gasteiger partial charge is 0.368 e. The molecule has 3 aromatic rings. The summed E-state index contributed by atoms with van der Waals surface area (Å²) in [5.41, 5.74) is 3.75. The fourth-order valence-corrected chi connectivity index (χ4v) is 4.39. The molecule has 1 aromatic heterocycles. The number of amides is 1. The number of aromatic nitrogens is 2. The standard InChI is InChI=1S/C23H23N5O3S/c1-17-15-21(18-5-3-2-4-6-18)25-23(24-17)32-16-22(29)27-13-11-26(12-14-27)19-7-9-20(10-8-19)28(30)31/h2-10,15H,11-14,16H2,1H3. The summed E-state index contributed by atoms with van der Waals surface area (Å²) in [6, 6.07) is 18.4. The molecule has 0 aliphatic carbocycles. The normalized spacial score (nSPS) is 13.8. The SMILES string of the molecule is Cc1cc(-c2ccccc2)nc(SCC(=O)N2CCN(c3ccc([N+](=O)[O-])cc3)CC2)n1. The van der Waals surface area contributed by atoms with Crippen LogP contribution in [-0.2, 0) is 4.79 Å². The highest BCUT2D eigenvalue weighted by atomic mass is 32.2. The molecule has 164 valence electrons. The lowest BCUT2D eigenvalue weighted by atomic mass is 10.1. The first-order valence-corrected chi connectivity index (χ1v) is 11.3. The number of hydrogen-bond donors (Lipinski definition) is 0. The van der Waals surface area contributed by atoms with Gasteiger partial charge in [-0.05, 0) is 25.1 Å². The third-order valence-corrected chi connectivity index (χ3v) is 6.12. The Morgan fingerprint density at radius 1 is 1.03 bits per heavy atom. The summed E-state index contributed by atoms with van der Waals surface area (Å²) in [4.78, 5) is 36.2. The highest BCUT2D eigenvalue weighted by molar-refractivity contribution is 7.99. The maximum atomic E-state index is 12.7. The van der Waals surface area contributed by atoms with Gasteiger partial charge >= 0.3 is 0 Å². The van der Waals surface area contributed by atoms with Crippen molar-refractivity contribution in [2.75, 3.05) is 36.8 Å². The van der Waals surface area contributed by atoms with E-state index in [0.29, 0.717) is 31.3 Å². The van der Waals surface area contributed by atoms with Gasteiger partial charge in [0.2, 0.25) is 5.91 Å². The predicted molar refractivity (Wildman–Crippen MR) is 125 cm³/mol. The van der Waals surface area contributed by atoms with Crippen LogP contribution >= 0.6 is 11.8 Å². The molecule has 0 atom stereocenters. The van der Waals surface area contributed by atoms with Crippen LogP contribution in [0.25, 0.3) is 11.3 Å². The average Bonchev–Trinajstić information content (AvgIpc) is 2.83. The number of carbonyl (C=O) groups excluding carboxylic acids is 1. The van der Waals surface area contributed by atoms with E-state index in [0.717, 1.165) is 22.6 Å². The first-order valence-electron chi connectivity index (χ1n) is 10.3. The number of aryl methyl sites for hydroxylation is 1. The minimum atomic E-state index is -0.404. The van der Waals surface area contributed by atoms with Gasteiger partial charge in [-0.2, -0.15) is 0 Å². The van der Waals surface area contributed by atoms with E-state index in [1.807, 2.05) is 48.2 Å². The smallest absolute Gasteiger partial charge is 0.269 e. The minimum Gasteiger partial charge on any atom is -0.368 e. The molecular formula is C23H23N5O3S. The molecule has 1 saturated heterocycles. The van der Waals surface area contributed by atoms with Gasteiger partial charge in [-0.15, -0.1) is 0 Å². The van der Waals surface area contributed by atoms with Crippen LogP contribution in [0.15, 0.2) is 65.8 Å². The Balaban J connectivity index is 1.32. The van der Waals surface area contributed by atoms with Gasteiger partial charge in [0.15, 0.2) is 5.16 Å². The quantitative estimate of drug-likeness (QED) is 0.245. The van der Waals surface area contributed by atoms with Crippen LogP contribution in [0.2, 0.25) is 0 Å². The molecule has 2 heterocycles. The van der Waals surface area contributed by atoms with Crippen molar-refractivity contribution in [3.8, 4) is 11.3 Å². The molecule has 32 heavy (non-hydrogen) atoms. The van der Waals surface area contributed by atoms with Crippen molar-refractivity contribution in [3.05, 3.63) is 76.5 Å². The third kappa shape index (κ3) is 5.23. The van der Waals surface area contributed by atoms with Gasteiger partial charge in [0.1, 0.15) is 0 Å². The summed E-state index contributed by atoms with van der Waals surface area (Å²) in [5, 5.41) is 11.4. The number of rotatable bonds is 6. The summed E-state index contributed by atoms with van der Waals surface area (Å²) >= 11 is 1.36. The monoisotopic (exact) mass is 449 g/mol. The molecular weight excluding hydrogens is 426 g/mol. The van der Waals surface area contributed by atoms with Gasteiger partial charge in [0.25, 0.3) is 5.69 Å². The molecule has 1 aliphatic rings. The predicted octanol–water partition coefficient (Wildman–Crippen LogP) is 3.80. The van der Waals surface area contributed by atoms with Crippen LogP contribution in [0.1, 0.15) is 5.69 Å². The van der Waals surface area contributed by atoms with Crippen molar-refractivity contribution in [2.45, 2.75) is 12.1 Å². The number of non-ortho nitro benzene ring substituents is 1. The number of nitrogens with zero attached hydrogens (tertiary/aromatic N) is 5. The maximum Gasteiger partial charge on any atom is 0.269 e. The minimum absolute atomic E-state index is 0.0599. The van der Waals surface area contributed by atoms with E-state index in [-0.39, 0.29) is 17.3 Å². The van der Waals surface area contributed by atoms with Crippen LogP contribution in [-0.4, -0.2) is 57.6 Å². The van der Waals surface area contributed by atoms with Crippen LogP contribution in [0.4, 0.5) is 11.4 Å². The van der Waals surface area contributed by atoms with Crippen LogP contribution in [0, 0.1) is 17.0 Å². The Kier molecular flexibility index (Phi) is 6.65. The van der Waals surface area contributed by atoms with Crippen molar-refractivity contribution in [1.82, 2.24) is 14.9 Å². The molecule has 1 aliphatic heterocycles. The zero-order chi connectivity index (χ0) is 22.5. The summed E-state index contributed by atoms with van der Waals surface area (Å²) in [6.07, 6.45) is 0. The third-order valence-electron chi connectivity index (χ3n) is 5.29. The second-order valence-electron chi connectivity index (χ2n) is 7.47. The number of anilines is 1. The molecule has 4 rings (SSSR count). The highest BCUT2D eigenvalue weighted by Gasteiger charge is 2.22. The number of carbonyl (C=O) groups is 1. The van der Waals surface area contributed by atoms with Crippen molar-refractivity contribution in [2.24, 2.45) is 0 Å². The van der Waals surface area contributed by atoms with Gasteiger partial charge in [-0.1, -0.05) is 42.1 Å². The number of nitro groups is 1. The molecule has 1 fully saturated rings. The van der Waals surface area contributed by atoms with E-state index < -0.39 is 4.92 Å². The first kappa shape index (κ1) is 21.8. The van der Waals surface area contributed by atoms with Crippen LogP contribution < -0.4 is 4.90 Å². The van der Waals surface area contributed by atoms with E-state index in [2.05, 4.69) is 14.9 Å². The van der Waals surface area contributed by atoms with E-state index in [9.17, 15) is 14.9 Å². The molecule has 1 amide bonds. The Bertz CT molecular complexity index is 1100. The van der Waals surface area contributed by atoms with Crippen LogP contribution in [0.3, 0.4) is 0 Å². The number of benzene rings is 2. The number of piperazine rings is 1. The average molecular weight is 450 g/mol. The lowest BCUT2D eigenvalue weighted by molar-refractivity contribution is -0.384. The fraction of sp³-hybridized carbons (Fsp3) is 0.261. The molecule has 0 radical (unpaired) electrons. The van der Waals surface area contributed by atoms with E-state index in [1.165, 1.54) is 23.9 Å². The topological polar surface area (TPSA) is 92.5 Å². The molecule has 0 unspecified atom stereocenters. The van der Waals surface area contributed by atoms with Gasteiger partial charge in [-0.3, -0.25) is 14.9 Å². The van der Waals surface area contributed by atoms with Gasteiger partial charge in [0, 0.05) is 55.3 Å². The number of hydrogen-bond acceptors (Lipinski definition) is 7. The van der Waals surface area contributed by atoms with Crippen LogP contribution in [0.5, 0.6) is 0 Å². The summed E-state index contributed by atoms with van der Waals surface area (Å²) in [6.45, 7) is 4.53. The summed E-state index contributed by atoms with van der Waals surface area (Å²) < 4.78 is 0. The molecule has 2 aromatic carbocycles. The second kappa shape index (κ2) is 9.78. The van der Waals surface area contributed by atoms with Crippen molar-refractivity contribution >= 4 is 29.0 Å². The van der Waals surface area contributed by atoms with Gasteiger partial charge in [0.05, 0.1) is 16.4 Å². The Morgan fingerprint density at radius 2 is 1.72 bits per heavy atom. The Hall–Kier alpha value is -3.46. The zero-order valence-electron chi connectivity index (χ0n) is 17.7. The lowest BCUT2D eigenvalue weighted by Crippen LogP contribution is -2.49. The maximum absolute atomic E-state index is 12.7. The highest BCUT2D eigenvalue weighted by Crippen LogP contribution is 2.23. The van der Waals surface area contributed by atoms with E-state index in [1.54, 1.807) is 12.1 Å². The molecule has 0 spiro atoms. The van der Waals surface area contributed by atoms with Crippen molar-refractivity contribution in [1.29, 1.82) is 0 Å². The zero-order valence-corrected chi connectivity index (χ0v) is 18.5. The summed E-state index contributed by atoms with van der Waals surface area (Å²) in [7, 11) is 0. The number of nitro benzene ring substituents is 1. The lowest BCUT2D eigenvalue weighted by Gasteiger charge is -2.36. The van der Waals surface area contributed by atoms with Gasteiger partial charge < -0.3 is 9.80 Å². The number of thioether (sulfide) groups is 1. The Labute approximate surface area is 190 Å². The molecule has 9 heteroatoms. The Morgan fingerprint density at radius 3 is 2.38 bits per heavy atom. The van der Waals surface area contributed by atoms with E-state index in [4.69, 9.17) is 0 Å². The summed E-state index contributed by atoms with van der Waals surface area (Å²) in [5.74, 6) is 0.347. The van der Waals surface area contributed by atoms with Crippen molar-refractivity contribution in [3.63, 3.8) is 0 Å².